The van der Waals surface area contributed by atoms with Crippen LogP contribution in [0, 0.1) is 17.6 Å². The number of rotatable bonds is 5. The van der Waals surface area contributed by atoms with Crippen LogP contribution in [-0.2, 0) is 0 Å². The Balaban J connectivity index is 2.91. The summed E-state index contributed by atoms with van der Waals surface area (Å²) in [5, 5.41) is 11.4. The number of nitrogens with one attached hydrogen (secondary N) is 1. The number of halogens is 3. The largest absolute Gasteiger partial charge is 0.396 e. The van der Waals surface area contributed by atoms with Gasteiger partial charge in [0.05, 0.1) is 10.6 Å². The summed E-state index contributed by atoms with van der Waals surface area (Å²) in [6.07, 6.45) is 0.380. The maximum atomic E-state index is 13.1. The van der Waals surface area contributed by atoms with Crippen molar-refractivity contribution in [3.63, 3.8) is 0 Å². The maximum Gasteiger partial charge on any atom is 0.253 e. The van der Waals surface area contributed by atoms with E-state index in [2.05, 4.69) is 5.32 Å². The molecule has 0 aliphatic carbocycles. The molecule has 3 nitrogen and oxygen atoms in total. The summed E-state index contributed by atoms with van der Waals surface area (Å²) < 4.78 is 26.0. The molecular formula is C13H16ClF2NO2. The monoisotopic (exact) mass is 291 g/mol. The van der Waals surface area contributed by atoms with Crippen LogP contribution in [0.3, 0.4) is 0 Å². The van der Waals surface area contributed by atoms with Crippen LogP contribution in [-0.4, -0.2) is 23.7 Å². The summed E-state index contributed by atoms with van der Waals surface area (Å²) in [4.78, 5) is 12.0. The Morgan fingerprint density at radius 3 is 2.47 bits per heavy atom. The van der Waals surface area contributed by atoms with E-state index in [4.69, 9.17) is 16.7 Å². The molecule has 0 aliphatic heterocycles. The van der Waals surface area contributed by atoms with Gasteiger partial charge in [-0.15, -0.1) is 0 Å². The molecular weight excluding hydrogens is 276 g/mol. The van der Waals surface area contributed by atoms with Crippen molar-refractivity contribution in [2.24, 2.45) is 5.92 Å². The van der Waals surface area contributed by atoms with Crippen molar-refractivity contribution in [3.8, 4) is 0 Å². The van der Waals surface area contributed by atoms with E-state index in [1.807, 2.05) is 13.8 Å². The van der Waals surface area contributed by atoms with Crippen LogP contribution >= 0.6 is 11.6 Å². The molecule has 0 fully saturated rings. The van der Waals surface area contributed by atoms with Gasteiger partial charge in [-0.05, 0) is 24.5 Å². The summed E-state index contributed by atoms with van der Waals surface area (Å²) >= 11 is 5.72. The second-order valence-corrected chi connectivity index (χ2v) is 4.99. The van der Waals surface area contributed by atoms with Crippen LogP contribution in [0.25, 0.3) is 0 Å². The Morgan fingerprint density at radius 1 is 1.37 bits per heavy atom. The summed E-state index contributed by atoms with van der Waals surface area (Å²) in [5.74, 6) is -2.72. The Labute approximate surface area is 115 Å². The molecule has 1 unspecified atom stereocenters. The first-order valence-corrected chi connectivity index (χ1v) is 6.30. The highest BCUT2D eigenvalue weighted by atomic mass is 35.5. The van der Waals surface area contributed by atoms with Crippen molar-refractivity contribution >= 4 is 17.5 Å². The molecule has 0 radical (unpaired) electrons. The molecule has 0 saturated heterocycles. The van der Waals surface area contributed by atoms with Crippen molar-refractivity contribution in [1.29, 1.82) is 0 Å². The lowest BCUT2D eigenvalue weighted by Gasteiger charge is -2.21. The van der Waals surface area contributed by atoms with E-state index in [-0.39, 0.29) is 29.2 Å². The van der Waals surface area contributed by atoms with Gasteiger partial charge in [0.1, 0.15) is 0 Å². The van der Waals surface area contributed by atoms with E-state index in [9.17, 15) is 13.6 Å². The fraction of sp³-hybridized carbons (Fsp3) is 0.462. The number of hydrogen-bond donors (Lipinski definition) is 2. The van der Waals surface area contributed by atoms with Crippen molar-refractivity contribution in [2.75, 3.05) is 6.61 Å². The lowest BCUT2D eigenvalue weighted by molar-refractivity contribution is 0.0916. The number of amides is 1. The fourth-order valence-corrected chi connectivity index (χ4v) is 1.89. The zero-order chi connectivity index (χ0) is 14.6. The van der Waals surface area contributed by atoms with Gasteiger partial charge in [-0.3, -0.25) is 4.79 Å². The number of carbonyl (C=O) groups excluding carboxylic acids is 1. The molecule has 6 heteroatoms. The van der Waals surface area contributed by atoms with Gasteiger partial charge in [-0.2, -0.15) is 0 Å². The minimum absolute atomic E-state index is 0.0748. The average Bonchev–Trinajstić information content (AvgIpc) is 2.32. The molecule has 19 heavy (non-hydrogen) atoms. The maximum absolute atomic E-state index is 13.1. The molecule has 0 aromatic heterocycles. The van der Waals surface area contributed by atoms with E-state index in [1.54, 1.807) is 0 Å². The van der Waals surface area contributed by atoms with Gasteiger partial charge in [0.15, 0.2) is 11.6 Å². The van der Waals surface area contributed by atoms with Crippen molar-refractivity contribution in [2.45, 2.75) is 26.3 Å². The van der Waals surface area contributed by atoms with Gasteiger partial charge >= 0.3 is 0 Å². The predicted molar refractivity (Wildman–Crippen MR) is 69.2 cm³/mol. The summed E-state index contributed by atoms with van der Waals surface area (Å²) in [7, 11) is 0. The highest BCUT2D eigenvalue weighted by molar-refractivity contribution is 6.33. The third-order valence-corrected chi connectivity index (χ3v) is 3.13. The topological polar surface area (TPSA) is 49.3 Å². The van der Waals surface area contributed by atoms with Gasteiger partial charge in [0, 0.05) is 12.6 Å². The smallest absolute Gasteiger partial charge is 0.253 e. The zero-order valence-electron chi connectivity index (χ0n) is 10.7. The second-order valence-electron chi connectivity index (χ2n) is 4.58. The van der Waals surface area contributed by atoms with Crippen LogP contribution in [0.1, 0.15) is 30.6 Å². The highest BCUT2D eigenvalue weighted by Crippen LogP contribution is 2.20. The molecule has 0 heterocycles. The second kappa shape index (κ2) is 6.82. The van der Waals surface area contributed by atoms with Gasteiger partial charge in [0.2, 0.25) is 0 Å². The van der Waals surface area contributed by atoms with Crippen molar-refractivity contribution < 1.29 is 18.7 Å². The molecule has 1 aromatic carbocycles. The number of benzene rings is 1. The SMILES string of the molecule is CC(C)C(CCO)NC(=O)c1cc(F)c(F)cc1Cl. The van der Waals surface area contributed by atoms with Crippen LogP contribution < -0.4 is 5.32 Å². The summed E-state index contributed by atoms with van der Waals surface area (Å²) in [5.41, 5.74) is -0.121. The van der Waals surface area contributed by atoms with Gasteiger partial charge in [-0.1, -0.05) is 25.4 Å². The van der Waals surface area contributed by atoms with E-state index >= 15 is 0 Å². The zero-order valence-corrected chi connectivity index (χ0v) is 11.5. The van der Waals surface area contributed by atoms with E-state index in [0.29, 0.717) is 6.42 Å². The lowest BCUT2D eigenvalue weighted by Crippen LogP contribution is -2.39. The third kappa shape index (κ3) is 4.14. The lowest BCUT2D eigenvalue weighted by atomic mass is 10.0. The molecule has 0 aliphatic rings. The predicted octanol–water partition coefficient (Wildman–Crippen LogP) is 2.76. The molecule has 1 atom stereocenters. The highest BCUT2D eigenvalue weighted by Gasteiger charge is 2.20. The van der Waals surface area contributed by atoms with Crippen LogP contribution in [0.5, 0.6) is 0 Å². The minimum Gasteiger partial charge on any atom is -0.396 e. The normalized spacial score (nSPS) is 12.6. The van der Waals surface area contributed by atoms with Crippen molar-refractivity contribution in [3.05, 3.63) is 34.4 Å². The molecule has 0 bridgehead atoms. The van der Waals surface area contributed by atoms with Gasteiger partial charge < -0.3 is 10.4 Å². The van der Waals surface area contributed by atoms with Crippen LogP contribution in [0.4, 0.5) is 8.78 Å². The Bertz CT molecular complexity index is 466. The fourth-order valence-electron chi connectivity index (χ4n) is 1.65. The average molecular weight is 292 g/mol. The van der Waals surface area contributed by atoms with E-state index in [1.165, 1.54) is 0 Å². The number of hydrogen-bond acceptors (Lipinski definition) is 2. The van der Waals surface area contributed by atoms with Gasteiger partial charge in [-0.25, -0.2) is 8.78 Å². The molecule has 106 valence electrons. The first kappa shape index (κ1) is 15.9. The number of carbonyl (C=O) groups is 1. The first-order valence-electron chi connectivity index (χ1n) is 5.93. The minimum atomic E-state index is -1.13. The standard InChI is InChI=1S/C13H16ClF2NO2/c1-7(2)12(3-4-18)17-13(19)8-5-10(15)11(16)6-9(8)14/h5-7,12,18H,3-4H2,1-2H3,(H,17,19). The molecule has 2 N–H and O–H groups in total. The molecule has 1 aromatic rings. The first-order chi connectivity index (χ1) is 8.86. The van der Waals surface area contributed by atoms with E-state index in [0.717, 1.165) is 12.1 Å². The third-order valence-electron chi connectivity index (χ3n) is 2.82. The Morgan fingerprint density at radius 2 is 1.95 bits per heavy atom. The Kier molecular flexibility index (Phi) is 5.69. The quantitative estimate of drug-likeness (QED) is 0.820. The summed E-state index contributed by atoms with van der Waals surface area (Å²) in [6, 6.07) is 1.27. The number of aliphatic hydroxyl groups is 1. The molecule has 1 rings (SSSR count). The Hall–Kier alpha value is -1.20. The van der Waals surface area contributed by atoms with E-state index < -0.39 is 17.5 Å². The van der Waals surface area contributed by atoms with Crippen LogP contribution in [0.2, 0.25) is 5.02 Å². The molecule has 0 spiro atoms. The molecule has 0 saturated carbocycles. The van der Waals surface area contributed by atoms with Gasteiger partial charge in [0.25, 0.3) is 5.91 Å². The van der Waals surface area contributed by atoms with Crippen molar-refractivity contribution in [1.82, 2.24) is 5.32 Å². The summed E-state index contributed by atoms with van der Waals surface area (Å²) in [6.45, 7) is 3.69. The molecule has 1 amide bonds. The van der Waals surface area contributed by atoms with Crippen LogP contribution in [0.15, 0.2) is 12.1 Å². The number of aliphatic hydroxyl groups excluding tert-OH is 1.